The van der Waals surface area contributed by atoms with E-state index in [2.05, 4.69) is 15.6 Å². The number of carbonyl (C=O) groups is 2. The lowest BCUT2D eigenvalue weighted by Gasteiger charge is -2.23. The lowest BCUT2D eigenvalue weighted by Crippen LogP contribution is -2.45. The van der Waals surface area contributed by atoms with Gasteiger partial charge in [-0.2, -0.15) is 0 Å². The molecular weight excluding hydrogens is 458 g/mol. The first-order chi connectivity index (χ1) is 16.4. The van der Waals surface area contributed by atoms with Gasteiger partial charge in [0.1, 0.15) is 11.9 Å². The van der Waals surface area contributed by atoms with Crippen LogP contribution in [-0.2, 0) is 9.53 Å². The van der Waals surface area contributed by atoms with Crippen LogP contribution in [0.4, 0.5) is 16.3 Å². The number of nitrogens with zero attached hydrogens (tertiary/aromatic N) is 3. The summed E-state index contributed by atoms with van der Waals surface area (Å²) in [6.45, 7) is 2.02. The highest BCUT2D eigenvalue weighted by Gasteiger charge is 2.40. The molecule has 1 saturated heterocycles. The van der Waals surface area contributed by atoms with Gasteiger partial charge in [0.2, 0.25) is 5.91 Å². The summed E-state index contributed by atoms with van der Waals surface area (Å²) in [5, 5.41) is 5.99. The predicted molar refractivity (Wildman–Crippen MR) is 130 cm³/mol. The van der Waals surface area contributed by atoms with Crippen LogP contribution in [-0.4, -0.2) is 52.2 Å². The molecule has 1 aliphatic heterocycles. The van der Waals surface area contributed by atoms with Crippen molar-refractivity contribution in [1.82, 2.24) is 14.5 Å². The fourth-order valence-electron chi connectivity index (χ4n) is 3.81. The van der Waals surface area contributed by atoms with Crippen molar-refractivity contribution >= 4 is 35.0 Å². The standard InChI is InChI=1S/C24H24ClN5O4/c1-15-4-3-11-29(23(15)32)18-8-6-17(7-9-18)27-22(31)20-12-19(34-2)14-30(20)24(33)28-21-10-5-16(25)13-26-21/h3-11,13,19-20H,12,14H2,1-2H3,(H,27,31)(H,26,28,33)/t19-,20-/m1/s1. The number of anilines is 2. The third-order valence-corrected chi connectivity index (χ3v) is 5.90. The van der Waals surface area contributed by atoms with Crippen molar-refractivity contribution in [3.63, 3.8) is 0 Å². The lowest BCUT2D eigenvalue weighted by atomic mass is 10.1. The van der Waals surface area contributed by atoms with Crippen molar-refractivity contribution in [2.24, 2.45) is 0 Å². The number of rotatable bonds is 5. The first-order valence-electron chi connectivity index (χ1n) is 10.7. The molecule has 10 heteroatoms. The van der Waals surface area contributed by atoms with Gasteiger partial charge in [-0.15, -0.1) is 0 Å². The average molecular weight is 482 g/mol. The van der Waals surface area contributed by atoms with E-state index >= 15 is 0 Å². The second-order valence-corrected chi connectivity index (χ2v) is 8.39. The van der Waals surface area contributed by atoms with Gasteiger partial charge in [-0.05, 0) is 49.4 Å². The molecule has 0 spiro atoms. The van der Waals surface area contributed by atoms with Crippen LogP contribution < -0.4 is 16.2 Å². The lowest BCUT2D eigenvalue weighted by molar-refractivity contribution is -0.119. The Balaban J connectivity index is 1.46. The molecule has 0 aliphatic carbocycles. The number of hydrogen-bond donors (Lipinski definition) is 2. The Morgan fingerprint density at radius 3 is 2.56 bits per heavy atom. The van der Waals surface area contributed by atoms with E-state index in [4.69, 9.17) is 16.3 Å². The first-order valence-corrected chi connectivity index (χ1v) is 11.0. The maximum Gasteiger partial charge on any atom is 0.323 e. The SMILES string of the molecule is CO[C@@H]1C[C@H](C(=O)Nc2ccc(-n3cccc(C)c3=O)cc2)N(C(=O)Nc2ccc(Cl)cn2)C1. The van der Waals surface area contributed by atoms with Crippen LogP contribution in [0.1, 0.15) is 12.0 Å². The molecule has 0 bridgehead atoms. The van der Waals surface area contributed by atoms with E-state index in [0.717, 1.165) is 0 Å². The molecule has 2 aromatic heterocycles. The van der Waals surface area contributed by atoms with E-state index in [1.165, 1.54) is 15.7 Å². The van der Waals surface area contributed by atoms with Gasteiger partial charge in [-0.3, -0.25) is 19.5 Å². The minimum absolute atomic E-state index is 0.104. The van der Waals surface area contributed by atoms with Crippen LogP contribution >= 0.6 is 11.6 Å². The number of amides is 3. The molecule has 1 aromatic carbocycles. The van der Waals surface area contributed by atoms with Crippen molar-refractivity contribution in [2.75, 3.05) is 24.3 Å². The van der Waals surface area contributed by atoms with Gasteiger partial charge >= 0.3 is 6.03 Å². The molecule has 1 fully saturated rings. The molecule has 0 saturated carbocycles. The minimum atomic E-state index is -0.726. The van der Waals surface area contributed by atoms with Crippen LogP contribution in [0.15, 0.2) is 65.7 Å². The van der Waals surface area contributed by atoms with Crippen LogP contribution in [0.25, 0.3) is 5.69 Å². The summed E-state index contributed by atoms with van der Waals surface area (Å²) in [6, 6.07) is 12.5. The highest BCUT2D eigenvalue weighted by Crippen LogP contribution is 2.23. The quantitative estimate of drug-likeness (QED) is 0.580. The highest BCUT2D eigenvalue weighted by atomic mass is 35.5. The number of benzene rings is 1. The molecule has 0 radical (unpaired) electrons. The Morgan fingerprint density at radius 1 is 1.12 bits per heavy atom. The number of urea groups is 1. The fourth-order valence-corrected chi connectivity index (χ4v) is 3.92. The topological polar surface area (TPSA) is 106 Å². The molecule has 9 nitrogen and oxygen atoms in total. The smallest absolute Gasteiger partial charge is 0.323 e. The summed E-state index contributed by atoms with van der Waals surface area (Å²) in [7, 11) is 1.55. The highest BCUT2D eigenvalue weighted by molar-refractivity contribution is 6.30. The third-order valence-electron chi connectivity index (χ3n) is 5.67. The van der Waals surface area contributed by atoms with Crippen LogP contribution in [0.2, 0.25) is 5.02 Å². The van der Waals surface area contributed by atoms with Crippen LogP contribution in [0.3, 0.4) is 0 Å². The van der Waals surface area contributed by atoms with Crippen molar-refractivity contribution in [3.8, 4) is 5.69 Å². The van der Waals surface area contributed by atoms with E-state index in [1.807, 2.05) is 0 Å². The van der Waals surface area contributed by atoms with Crippen LogP contribution in [0.5, 0.6) is 0 Å². The van der Waals surface area contributed by atoms with E-state index in [-0.39, 0.29) is 24.1 Å². The van der Waals surface area contributed by atoms with E-state index in [9.17, 15) is 14.4 Å². The molecule has 2 atom stereocenters. The largest absolute Gasteiger partial charge is 0.380 e. The normalized spacial score (nSPS) is 17.4. The number of pyridine rings is 2. The monoisotopic (exact) mass is 481 g/mol. The predicted octanol–water partition coefficient (Wildman–Crippen LogP) is 3.45. The van der Waals surface area contributed by atoms with Crippen molar-refractivity contribution in [1.29, 1.82) is 0 Å². The van der Waals surface area contributed by atoms with Gasteiger partial charge in [-0.1, -0.05) is 17.7 Å². The number of ether oxygens (including phenoxy) is 1. The molecule has 4 rings (SSSR count). The fraction of sp³-hybridized carbons (Fsp3) is 0.250. The molecule has 1 aliphatic rings. The van der Waals surface area contributed by atoms with E-state index in [0.29, 0.717) is 34.2 Å². The van der Waals surface area contributed by atoms with Gasteiger partial charge in [-0.25, -0.2) is 9.78 Å². The Labute approximate surface area is 201 Å². The maximum absolute atomic E-state index is 13.1. The summed E-state index contributed by atoms with van der Waals surface area (Å²) in [5.74, 6) is -0.00403. The molecule has 2 N–H and O–H groups in total. The number of aryl methyl sites for hydroxylation is 1. The minimum Gasteiger partial charge on any atom is -0.380 e. The maximum atomic E-state index is 13.1. The second kappa shape index (κ2) is 10.1. The number of carbonyl (C=O) groups excluding carboxylic acids is 2. The molecular formula is C24H24ClN5O4. The van der Waals surface area contributed by atoms with Crippen LogP contribution in [0, 0.1) is 6.92 Å². The van der Waals surface area contributed by atoms with Gasteiger partial charge in [0.25, 0.3) is 5.56 Å². The number of hydrogen-bond acceptors (Lipinski definition) is 5. The Bertz CT molecular complexity index is 1240. The van der Waals surface area contributed by atoms with E-state index < -0.39 is 12.1 Å². The van der Waals surface area contributed by atoms with Gasteiger partial charge < -0.3 is 15.0 Å². The molecule has 176 valence electrons. The zero-order valence-electron chi connectivity index (χ0n) is 18.7. The average Bonchev–Trinajstić information content (AvgIpc) is 3.28. The van der Waals surface area contributed by atoms with Gasteiger partial charge in [0.05, 0.1) is 11.1 Å². The summed E-state index contributed by atoms with van der Waals surface area (Å²) in [5.41, 5.74) is 1.77. The molecule has 0 unspecified atom stereocenters. The van der Waals surface area contributed by atoms with Crippen molar-refractivity contribution in [2.45, 2.75) is 25.5 Å². The number of methoxy groups -OCH3 is 1. The van der Waals surface area contributed by atoms with Crippen molar-refractivity contribution in [3.05, 3.63) is 81.9 Å². The molecule has 34 heavy (non-hydrogen) atoms. The molecule has 3 amide bonds. The van der Waals surface area contributed by atoms with E-state index in [1.54, 1.807) is 68.8 Å². The number of nitrogens with one attached hydrogen (secondary N) is 2. The zero-order valence-corrected chi connectivity index (χ0v) is 19.5. The molecule has 3 aromatic rings. The Kier molecular flexibility index (Phi) is 6.95. The summed E-state index contributed by atoms with van der Waals surface area (Å²) < 4.78 is 6.95. The summed E-state index contributed by atoms with van der Waals surface area (Å²) >= 11 is 5.84. The van der Waals surface area contributed by atoms with Gasteiger partial charge in [0, 0.05) is 49.4 Å². The Morgan fingerprint density at radius 2 is 1.88 bits per heavy atom. The summed E-state index contributed by atoms with van der Waals surface area (Å²) in [6.07, 6.45) is 3.21. The summed E-state index contributed by atoms with van der Waals surface area (Å²) in [4.78, 5) is 43.8. The first kappa shape index (κ1) is 23.5. The Hall–Kier alpha value is -3.69. The van der Waals surface area contributed by atoms with Gasteiger partial charge in [0.15, 0.2) is 0 Å². The molecule has 3 heterocycles. The number of likely N-dealkylation sites (tertiary alicyclic amines) is 1. The zero-order chi connectivity index (χ0) is 24.2. The second-order valence-electron chi connectivity index (χ2n) is 7.96. The third kappa shape index (κ3) is 5.11. The number of aromatic nitrogens is 2. The van der Waals surface area contributed by atoms with Crippen molar-refractivity contribution < 1.29 is 14.3 Å². The number of halogens is 1.